The third-order valence-corrected chi connectivity index (χ3v) is 4.78. The van der Waals surface area contributed by atoms with E-state index in [1.165, 1.54) is 5.56 Å². The summed E-state index contributed by atoms with van der Waals surface area (Å²) >= 11 is 0. The van der Waals surface area contributed by atoms with Crippen molar-refractivity contribution in [2.45, 2.75) is 30.3 Å². The second-order valence-electron chi connectivity index (χ2n) is 3.62. The number of hydrogen-bond acceptors (Lipinski definition) is 1. The predicted octanol–water partition coefficient (Wildman–Crippen LogP) is 2.66. The van der Waals surface area contributed by atoms with Gasteiger partial charge in [-0.15, -0.1) is 0 Å². The van der Waals surface area contributed by atoms with E-state index in [9.17, 15) is 4.21 Å². The average molecular weight is 194 g/mol. The maximum atomic E-state index is 11.8. The van der Waals surface area contributed by atoms with Crippen molar-refractivity contribution >= 4 is 10.8 Å². The molecule has 1 aliphatic rings. The van der Waals surface area contributed by atoms with Gasteiger partial charge in [0.15, 0.2) is 0 Å². The lowest BCUT2D eigenvalue weighted by Gasteiger charge is -2.08. The molecule has 1 aliphatic heterocycles. The highest BCUT2D eigenvalue weighted by atomic mass is 32.2. The number of rotatable bonds is 1. The summed E-state index contributed by atoms with van der Waals surface area (Å²) < 4.78 is 11.8. The smallest absolute Gasteiger partial charge is 0.0600 e. The minimum absolute atomic E-state index is 0.288. The SMILES string of the molecule is CC1CCC(c2ccccc2)S1=O. The Labute approximate surface area is 81.6 Å². The largest absolute Gasteiger partial charge is 0.259 e. The minimum Gasteiger partial charge on any atom is -0.259 e. The molecule has 1 aromatic rings. The Hall–Kier alpha value is -0.630. The summed E-state index contributed by atoms with van der Waals surface area (Å²) in [5.74, 6) is 0. The molecule has 1 aromatic carbocycles. The predicted molar refractivity (Wildman–Crippen MR) is 56.0 cm³/mol. The molecule has 1 fully saturated rings. The van der Waals surface area contributed by atoms with Gasteiger partial charge >= 0.3 is 0 Å². The molecule has 0 N–H and O–H groups in total. The molecule has 0 spiro atoms. The Kier molecular flexibility index (Phi) is 2.49. The molecular formula is C11H14OS. The van der Waals surface area contributed by atoms with Crippen molar-refractivity contribution in [1.29, 1.82) is 0 Å². The van der Waals surface area contributed by atoms with Crippen LogP contribution in [0.25, 0.3) is 0 Å². The first-order valence-electron chi connectivity index (χ1n) is 4.73. The van der Waals surface area contributed by atoms with Crippen LogP contribution < -0.4 is 0 Å². The van der Waals surface area contributed by atoms with E-state index in [1.807, 2.05) is 18.2 Å². The van der Waals surface area contributed by atoms with Crippen LogP contribution in [0, 0.1) is 0 Å². The van der Waals surface area contributed by atoms with E-state index in [0.717, 1.165) is 12.8 Å². The Morgan fingerprint density at radius 3 is 2.46 bits per heavy atom. The van der Waals surface area contributed by atoms with E-state index in [0.29, 0.717) is 5.25 Å². The van der Waals surface area contributed by atoms with Gasteiger partial charge in [0.1, 0.15) is 0 Å². The van der Waals surface area contributed by atoms with Gasteiger partial charge in [-0.25, -0.2) is 0 Å². The van der Waals surface area contributed by atoms with Crippen LogP contribution in [0.2, 0.25) is 0 Å². The van der Waals surface area contributed by atoms with Crippen LogP contribution in [0.5, 0.6) is 0 Å². The topological polar surface area (TPSA) is 17.1 Å². The third-order valence-electron chi connectivity index (χ3n) is 2.68. The highest BCUT2D eigenvalue weighted by molar-refractivity contribution is 7.86. The lowest BCUT2D eigenvalue weighted by Crippen LogP contribution is -2.06. The van der Waals surface area contributed by atoms with Crippen LogP contribution in [0.1, 0.15) is 30.6 Å². The van der Waals surface area contributed by atoms with Crippen molar-refractivity contribution in [3.8, 4) is 0 Å². The number of hydrogen-bond donors (Lipinski definition) is 0. The molecule has 3 atom stereocenters. The zero-order valence-corrected chi connectivity index (χ0v) is 8.59. The average Bonchev–Trinajstić information content (AvgIpc) is 2.49. The van der Waals surface area contributed by atoms with Crippen LogP contribution in [-0.2, 0) is 10.8 Å². The molecule has 0 saturated carbocycles. The van der Waals surface area contributed by atoms with Crippen LogP contribution in [0.4, 0.5) is 0 Å². The molecule has 0 aromatic heterocycles. The molecular weight excluding hydrogens is 180 g/mol. The zero-order chi connectivity index (χ0) is 9.26. The van der Waals surface area contributed by atoms with Gasteiger partial charge in [-0.3, -0.25) is 4.21 Å². The van der Waals surface area contributed by atoms with Gasteiger partial charge in [0.25, 0.3) is 0 Å². The van der Waals surface area contributed by atoms with Gasteiger partial charge in [-0.2, -0.15) is 0 Å². The van der Waals surface area contributed by atoms with Gasteiger partial charge < -0.3 is 0 Å². The summed E-state index contributed by atoms with van der Waals surface area (Å²) in [7, 11) is -0.656. The monoisotopic (exact) mass is 194 g/mol. The van der Waals surface area contributed by atoms with Gasteiger partial charge in [0.2, 0.25) is 0 Å². The van der Waals surface area contributed by atoms with Gasteiger partial charge in [0, 0.05) is 16.0 Å². The second kappa shape index (κ2) is 3.62. The lowest BCUT2D eigenvalue weighted by atomic mass is 10.1. The molecule has 0 bridgehead atoms. The first-order valence-corrected chi connectivity index (χ1v) is 6.01. The highest BCUT2D eigenvalue weighted by Crippen LogP contribution is 2.35. The zero-order valence-electron chi connectivity index (χ0n) is 7.77. The van der Waals surface area contributed by atoms with Crippen molar-refractivity contribution in [3.05, 3.63) is 35.9 Å². The Morgan fingerprint density at radius 1 is 1.23 bits per heavy atom. The fraction of sp³-hybridized carbons (Fsp3) is 0.455. The molecule has 70 valence electrons. The first kappa shape index (κ1) is 8.95. The summed E-state index contributed by atoms with van der Waals surface area (Å²) in [6.07, 6.45) is 2.18. The standard InChI is InChI=1S/C11H14OS/c1-9-7-8-11(13(9)12)10-5-3-2-4-6-10/h2-6,9,11H,7-8H2,1H3. The maximum absolute atomic E-state index is 11.8. The van der Waals surface area contributed by atoms with E-state index in [2.05, 4.69) is 19.1 Å². The molecule has 2 rings (SSSR count). The van der Waals surface area contributed by atoms with E-state index in [4.69, 9.17) is 0 Å². The summed E-state index contributed by atoms with van der Waals surface area (Å²) in [4.78, 5) is 0. The van der Waals surface area contributed by atoms with E-state index in [1.54, 1.807) is 0 Å². The van der Waals surface area contributed by atoms with Crippen molar-refractivity contribution in [3.63, 3.8) is 0 Å². The number of benzene rings is 1. The maximum Gasteiger partial charge on any atom is 0.0600 e. The molecule has 2 heteroatoms. The van der Waals surface area contributed by atoms with Gasteiger partial charge in [-0.05, 0) is 18.4 Å². The fourth-order valence-corrected chi connectivity index (χ4v) is 3.59. The summed E-state index contributed by atoms with van der Waals surface area (Å²) in [6, 6.07) is 10.2. The Morgan fingerprint density at radius 2 is 1.92 bits per heavy atom. The summed E-state index contributed by atoms with van der Waals surface area (Å²) in [5.41, 5.74) is 1.24. The summed E-state index contributed by atoms with van der Waals surface area (Å²) in [5, 5.41) is 0.668. The molecule has 0 amide bonds. The molecule has 1 nitrogen and oxygen atoms in total. The van der Waals surface area contributed by atoms with Crippen molar-refractivity contribution in [2.24, 2.45) is 0 Å². The summed E-state index contributed by atoms with van der Waals surface area (Å²) in [6.45, 7) is 2.08. The molecule has 1 heterocycles. The van der Waals surface area contributed by atoms with Gasteiger partial charge in [-0.1, -0.05) is 37.3 Å². The van der Waals surface area contributed by atoms with E-state index in [-0.39, 0.29) is 5.25 Å². The lowest BCUT2D eigenvalue weighted by molar-refractivity contribution is 0.676. The Balaban J connectivity index is 2.24. The van der Waals surface area contributed by atoms with Gasteiger partial charge in [0.05, 0.1) is 5.25 Å². The van der Waals surface area contributed by atoms with Crippen molar-refractivity contribution in [1.82, 2.24) is 0 Å². The molecule has 0 aliphatic carbocycles. The normalized spacial score (nSPS) is 33.5. The molecule has 0 radical (unpaired) electrons. The second-order valence-corrected chi connectivity index (χ2v) is 5.65. The van der Waals surface area contributed by atoms with Crippen LogP contribution in [0.15, 0.2) is 30.3 Å². The molecule has 13 heavy (non-hydrogen) atoms. The van der Waals surface area contributed by atoms with Crippen LogP contribution in [0.3, 0.4) is 0 Å². The fourth-order valence-electron chi connectivity index (χ4n) is 1.87. The third kappa shape index (κ3) is 1.68. The van der Waals surface area contributed by atoms with Crippen LogP contribution >= 0.6 is 0 Å². The van der Waals surface area contributed by atoms with Crippen LogP contribution in [-0.4, -0.2) is 9.46 Å². The first-order chi connectivity index (χ1) is 6.29. The van der Waals surface area contributed by atoms with Crippen molar-refractivity contribution in [2.75, 3.05) is 0 Å². The van der Waals surface area contributed by atoms with E-state index < -0.39 is 10.8 Å². The highest BCUT2D eigenvalue weighted by Gasteiger charge is 2.30. The molecule has 3 unspecified atom stereocenters. The quantitative estimate of drug-likeness (QED) is 0.671. The van der Waals surface area contributed by atoms with E-state index >= 15 is 0 Å². The minimum atomic E-state index is -0.656. The molecule has 1 saturated heterocycles. The Bertz CT molecular complexity index is 307. The van der Waals surface area contributed by atoms with Crippen molar-refractivity contribution < 1.29 is 4.21 Å².